The SMILES string of the molecule is Cc1cc(C)n([C@@H]2CCN(C(=O)Nc3ccc(-n4ccnc4C)cc3)C2)n1. The number of amides is 2. The molecule has 27 heavy (non-hydrogen) atoms. The van der Waals surface area contributed by atoms with E-state index in [1.54, 1.807) is 6.20 Å². The van der Waals surface area contributed by atoms with Gasteiger partial charge in [0.15, 0.2) is 0 Å². The standard InChI is InChI=1S/C20H24N6O/c1-14-12-15(2)26(23-14)19-8-10-24(13-19)20(27)22-17-4-6-18(7-5-17)25-11-9-21-16(25)3/h4-7,9,11-12,19H,8,10,13H2,1-3H3,(H,22,27)/t19-/m1/s1. The van der Waals surface area contributed by atoms with Crippen molar-refractivity contribution in [3.8, 4) is 5.69 Å². The molecule has 140 valence electrons. The first-order chi connectivity index (χ1) is 13.0. The number of nitrogens with zero attached hydrogens (tertiary/aromatic N) is 5. The van der Waals surface area contributed by atoms with Crippen LogP contribution in [0.2, 0.25) is 0 Å². The number of urea groups is 1. The average Bonchev–Trinajstić information content (AvgIpc) is 3.36. The lowest BCUT2D eigenvalue weighted by Crippen LogP contribution is -2.33. The summed E-state index contributed by atoms with van der Waals surface area (Å²) in [7, 11) is 0. The third-order valence-corrected chi connectivity index (χ3v) is 5.06. The van der Waals surface area contributed by atoms with E-state index in [-0.39, 0.29) is 12.1 Å². The maximum Gasteiger partial charge on any atom is 0.321 e. The Bertz CT molecular complexity index is 955. The second kappa shape index (κ2) is 6.90. The van der Waals surface area contributed by atoms with Gasteiger partial charge < -0.3 is 14.8 Å². The van der Waals surface area contributed by atoms with Crippen LogP contribution in [-0.2, 0) is 0 Å². The van der Waals surface area contributed by atoms with E-state index >= 15 is 0 Å². The number of hydrogen-bond acceptors (Lipinski definition) is 3. The van der Waals surface area contributed by atoms with Crippen molar-refractivity contribution < 1.29 is 4.79 Å². The maximum atomic E-state index is 12.6. The van der Waals surface area contributed by atoms with E-state index in [9.17, 15) is 4.79 Å². The van der Waals surface area contributed by atoms with Gasteiger partial charge in [-0.1, -0.05) is 0 Å². The summed E-state index contributed by atoms with van der Waals surface area (Å²) in [5.74, 6) is 0.930. The summed E-state index contributed by atoms with van der Waals surface area (Å²) in [4.78, 5) is 18.7. The van der Waals surface area contributed by atoms with Crippen LogP contribution in [0.4, 0.5) is 10.5 Å². The first kappa shape index (κ1) is 17.3. The summed E-state index contributed by atoms with van der Waals surface area (Å²) in [5.41, 5.74) is 3.97. The topological polar surface area (TPSA) is 68.0 Å². The molecular weight excluding hydrogens is 340 g/mol. The molecule has 1 saturated heterocycles. The van der Waals surface area contributed by atoms with Gasteiger partial charge in [0.1, 0.15) is 5.82 Å². The van der Waals surface area contributed by atoms with Crippen LogP contribution in [0.3, 0.4) is 0 Å². The Hall–Kier alpha value is -3.09. The van der Waals surface area contributed by atoms with Gasteiger partial charge in [0.05, 0.1) is 11.7 Å². The van der Waals surface area contributed by atoms with Gasteiger partial charge in [0.25, 0.3) is 0 Å². The number of aromatic nitrogens is 4. The Morgan fingerprint density at radius 3 is 2.59 bits per heavy atom. The van der Waals surface area contributed by atoms with Crippen molar-refractivity contribution in [1.29, 1.82) is 0 Å². The van der Waals surface area contributed by atoms with Crippen molar-refractivity contribution in [3.63, 3.8) is 0 Å². The van der Waals surface area contributed by atoms with E-state index in [1.165, 1.54) is 0 Å². The van der Waals surface area contributed by atoms with E-state index in [0.717, 1.165) is 41.6 Å². The van der Waals surface area contributed by atoms with E-state index in [4.69, 9.17) is 0 Å². The predicted molar refractivity (Wildman–Crippen MR) is 104 cm³/mol. The first-order valence-electron chi connectivity index (χ1n) is 9.20. The van der Waals surface area contributed by atoms with Crippen LogP contribution in [0.5, 0.6) is 0 Å². The molecule has 0 spiro atoms. The molecule has 0 saturated carbocycles. The summed E-state index contributed by atoms with van der Waals surface area (Å²) in [5, 5.41) is 7.56. The highest BCUT2D eigenvalue weighted by Crippen LogP contribution is 2.24. The lowest BCUT2D eigenvalue weighted by atomic mass is 10.2. The molecule has 3 aromatic rings. The molecule has 1 aromatic carbocycles. The number of anilines is 1. The van der Waals surface area contributed by atoms with Crippen molar-refractivity contribution in [2.45, 2.75) is 33.2 Å². The number of imidazole rings is 1. The highest BCUT2D eigenvalue weighted by molar-refractivity contribution is 5.89. The molecule has 7 heteroatoms. The van der Waals surface area contributed by atoms with Crippen molar-refractivity contribution in [1.82, 2.24) is 24.2 Å². The normalized spacial score (nSPS) is 16.7. The molecule has 0 aliphatic carbocycles. The Balaban J connectivity index is 1.39. The van der Waals surface area contributed by atoms with Crippen molar-refractivity contribution in [2.75, 3.05) is 18.4 Å². The van der Waals surface area contributed by atoms with Gasteiger partial charge in [-0.05, 0) is 57.5 Å². The fourth-order valence-corrected chi connectivity index (χ4v) is 3.70. The zero-order valence-electron chi connectivity index (χ0n) is 15.9. The van der Waals surface area contributed by atoms with E-state index in [2.05, 4.69) is 28.4 Å². The zero-order chi connectivity index (χ0) is 19.0. The molecular formula is C20H24N6O. The summed E-state index contributed by atoms with van der Waals surface area (Å²) >= 11 is 0. The molecule has 1 fully saturated rings. The lowest BCUT2D eigenvalue weighted by molar-refractivity contribution is 0.220. The predicted octanol–water partition coefficient (Wildman–Crippen LogP) is 3.47. The molecule has 7 nitrogen and oxygen atoms in total. The zero-order valence-corrected chi connectivity index (χ0v) is 15.9. The number of likely N-dealkylation sites (tertiary alicyclic amines) is 1. The number of hydrogen-bond donors (Lipinski definition) is 1. The third-order valence-electron chi connectivity index (χ3n) is 5.06. The van der Waals surface area contributed by atoms with Crippen LogP contribution in [-0.4, -0.2) is 43.4 Å². The molecule has 2 amide bonds. The van der Waals surface area contributed by atoms with E-state index < -0.39 is 0 Å². The minimum atomic E-state index is -0.0643. The van der Waals surface area contributed by atoms with Crippen LogP contribution in [0.25, 0.3) is 5.69 Å². The number of aryl methyl sites for hydroxylation is 3. The molecule has 0 unspecified atom stereocenters. The van der Waals surface area contributed by atoms with Gasteiger partial charge in [0.2, 0.25) is 0 Å². The molecule has 3 heterocycles. The Labute approximate surface area is 158 Å². The fraction of sp³-hybridized carbons (Fsp3) is 0.350. The fourth-order valence-electron chi connectivity index (χ4n) is 3.70. The summed E-state index contributed by atoms with van der Waals surface area (Å²) in [6.45, 7) is 7.44. The maximum absolute atomic E-state index is 12.6. The quantitative estimate of drug-likeness (QED) is 0.774. The number of nitrogens with one attached hydrogen (secondary N) is 1. The largest absolute Gasteiger partial charge is 0.322 e. The van der Waals surface area contributed by atoms with Crippen LogP contribution in [0, 0.1) is 20.8 Å². The van der Waals surface area contributed by atoms with E-state index in [1.807, 2.05) is 58.5 Å². The summed E-state index contributed by atoms with van der Waals surface area (Å²) in [6, 6.07) is 10.1. The molecule has 2 aromatic heterocycles. The summed E-state index contributed by atoms with van der Waals surface area (Å²) < 4.78 is 4.05. The summed E-state index contributed by atoms with van der Waals surface area (Å²) in [6.07, 6.45) is 4.62. The second-order valence-electron chi connectivity index (χ2n) is 7.08. The molecule has 0 radical (unpaired) electrons. The van der Waals surface area contributed by atoms with Crippen molar-refractivity contribution >= 4 is 11.7 Å². The molecule has 1 aliphatic heterocycles. The van der Waals surface area contributed by atoms with Crippen LogP contribution in [0.1, 0.15) is 29.7 Å². The number of rotatable bonds is 3. The Kier molecular flexibility index (Phi) is 4.43. The van der Waals surface area contributed by atoms with Gasteiger partial charge in [-0.3, -0.25) is 4.68 Å². The second-order valence-corrected chi connectivity index (χ2v) is 7.08. The Morgan fingerprint density at radius 2 is 1.96 bits per heavy atom. The number of carbonyl (C=O) groups is 1. The van der Waals surface area contributed by atoms with Crippen LogP contribution < -0.4 is 5.32 Å². The van der Waals surface area contributed by atoms with Crippen LogP contribution >= 0.6 is 0 Å². The molecule has 1 aliphatic rings. The molecule has 1 N–H and O–H groups in total. The molecule has 1 atom stereocenters. The monoisotopic (exact) mass is 364 g/mol. The van der Waals surface area contributed by atoms with E-state index in [0.29, 0.717) is 6.54 Å². The third kappa shape index (κ3) is 3.45. The smallest absolute Gasteiger partial charge is 0.321 e. The average molecular weight is 364 g/mol. The van der Waals surface area contributed by atoms with Crippen molar-refractivity contribution in [2.24, 2.45) is 0 Å². The highest BCUT2D eigenvalue weighted by Gasteiger charge is 2.28. The van der Waals surface area contributed by atoms with Gasteiger partial charge in [0, 0.05) is 42.6 Å². The minimum absolute atomic E-state index is 0.0643. The Morgan fingerprint density at radius 1 is 1.19 bits per heavy atom. The van der Waals surface area contributed by atoms with Crippen molar-refractivity contribution in [3.05, 3.63) is 59.9 Å². The van der Waals surface area contributed by atoms with Gasteiger partial charge >= 0.3 is 6.03 Å². The first-order valence-corrected chi connectivity index (χ1v) is 9.20. The number of carbonyl (C=O) groups excluding carboxylic acids is 1. The van der Waals surface area contributed by atoms with Gasteiger partial charge in [-0.2, -0.15) is 5.10 Å². The van der Waals surface area contributed by atoms with Crippen LogP contribution in [0.15, 0.2) is 42.7 Å². The lowest BCUT2D eigenvalue weighted by Gasteiger charge is -2.18. The molecule has 4 rings (SSSR count). The molecule has 0 bridgehead atoms. The minimum Gasteiger partial charge on any atom is -0.322 e. The number of benzene rings is 1. The highest BCUT2D eigenvalue weighted by atomic mass is 16.2. The van der Waals surface area contributed by atoms with Gasteiger partial charge in [-0.25, -0.2) is 9.78 Å². The van der Waals surface area contributed by atoms with Gasteiger partial charge in [-0.15, -0.1) is 0 Å².